The lowest BCUT2D eigenvalue weighted by atomic mass is 9.79. The Balaban J connectivity index is 1.98. The number of morpholine rings is 1. The molecule has 0 aromatic heterocycles. The Labute approximate surface area is 122 Å². The van der Waals surface area contributed by atoms with Crippen LogP contribution in [0, 0.1) is 5.41 Å². The van der Waals surface area contributed by atoms with Crippen LogP contribution >= 0.6 is 0 Å². The van der Waals surface area contributed by atoms with Crippen LogP contribution in [0.2, 0.25) is 0 Å². The highest BCUT2D eigenvalue weighted by Gasteiger charge is 2.37. The van der Waals surface area contributed by atoms with E-state index in [0.717, 1.165) is 52.3 Å². The second-order valence-electron chi connectivity index (χ2n) is 6.53. The van der Waals surface area contributed by atoms with Gasteiger partial charge in [0, 0.05) is 38.9 Å². The van der Waals surface area contributed by atoms with E-state index in [1.54, 1.807) is 0 Å². The predicted molar refractivity (Wildman–Crippen MR) is 78.9 cm³/mol. The lowest BCUT2D eigenvalue weighted by molar-refractivity contribution is -0.0655. The standard InChI is InChI=1S/C15H30N2O3/c1-13(2)16-11-15(3-6-19-7-4-15)12-17-5-8-20-10-14(17)9-18/h13-14,16,18H,3-12H2,1-2H3. The normalized spacial score (nSPS) is 27.9. The number of ether oxygens (including phenoxy) is 2. The molecule has 5 nitrogen and oxygen atoms in total. The summed E-state index contributed by atoms with van der Waals surface area (Å²) in [5.74, 6) is 0. The van der Waals surface area contributed by atoms with E-state index in [9.17, 15) is 5.11 Å². The molecule has 0 aromatic carbocycles. The number of aliphatic hydroxyl groups excluding tert-OH is 1. The Kier molecular flexibility index (Phi) is 6.23. The molecular formula is C15H30N2O3. The fraction of sp³-hybridized carbons (Fsp3) is 1.00. The fourth-order valence-electron chi connectivity index (χ4n) is 3.11. The molecule has 1 unspecified atom stereocenters. The van der Waals surface area contributed by atoms with E-state index in [0.29, 0.717) is 12.6 Å². The van der Waals surface area contributed by atoms with Crippen molar-refractivity contribution in [3.63, 3.8) is 0 Å². The van der Waals surface area contributed by atoms with Gasteiger partial charge in [0.25, 0.3) is 0 Å². The minimum atomic E-state index is 0.155. The van der Waals surface area contributed by atoms with Crippen LogP contribution in [-0.2, 0) is 9.47 Å². The molecule has 0 spiro atoms. The van der Waals surface area contributed by atoms with Crippen LogP contribution in [0.15, 0.2) is 0 Å². The molecule has 0 bridgehead atoms. The number of nitrogens with one attached hydrogen (secondary N) is 1. The van der Waals surface area contributed by atoms with Gasteiger partial charge in [-0.25, -0.2) is 0 Å². The van der Waals surface area contributed by atoms with Crippen molar-refractivity contribution < 1.29 is 14.6 Å². The first-order valence-corrected chi connectivity index (χ1v) is 7.89. The Hall–Kier alpha value is -0.200. The summed E-state index contributed by atoms with van der Waals surface area (Å²) in [4.78, 5) is 2.41. The van der Waals surface area contributed by atoms with E-state index in [1.807, 2.05) is 0 Å². The lowest BCUT2D eigenvalue weighted by Crippen LogP contribution is -2.55. The molecule has 2 N–H and O–H groups in total. The molecule has 2 heterocycles. The SMILES string of the molecule is CC(C)NCC1(CN2CCOCC2CO)CCOCC1. The van der Waals surface area contributed by atoms with Crippen molar-refractivity contribution in [1.29, 1.82) is 0 Å². The van der Waals surface area contributed by atoms with Gasteiger partial charge in [-0.2, -0.15) is 0 Å². The Morgan fingerprint density at radius 2 is 2.00 bits per heavy atom. The van der Waals surface area contributed by atoms with Gasteiger partial charge >= 0.3 is 0 Å². The first-order valence-electron chi connectivity index (χ1n) is 7.89. The third-order valence-corrected chi connectivity index (χ3v) is 4.54. The summed E-state index contributed by atoms with van der Waals surface area (Å²) in [6, 6.07) is 0.663. The zero-order valence-corrected chi connectivity index (χ0v) is 12.9. The second kappa shape index (κ2) is 7.71. The zero-order chi connectivity index (χ0) is 14.4. The van der Waals surface area contributed by atoms with Gasteiger partial charge in [-0.05, 0) is 18.3 Å². The van der Waals surface area contributed by atoms with Crippen LogP contribution in [0.5, 0.6) is 0 Å². The third-order valence-electron chi connectivity index (χ3n) is 4.54. The molecule has 2 rings (SSSR count). The summed E-state index contributed by atoms with van der Waals surface area (Å²) in [7, 11) is 0. The van der Waals surface area contributed by atoms with E-state index in [4.69, 9.17) is 9.47 Å². The van der Waals surface area contributed by atoms with Gasteiger partial charge in [0.05, 0.1) is 25.9 Å². The highest BCUT2D eigenvalue weighted by Crippen LogP contribution is 2.32. The summed E-state index contributed by atoms with van der Waals surface area (Å²) in [5, 5.41) is 13.1. The van der Waals surface area contributed by atoms with Gasteiger partial charge in [0.15, 0.2) is 0 Å². The minimum absolute atomic E-state index is 0.155. The number of hydrogen-bond donors (Lipinski definition) is 2. The zero-order valence-electron chi connectivity index (χ0n) is 12.9. The third kappa shape index (κ3) is 4.40. The predicted octanol–water partition coefficient (Wildman–Crippen LogP) is 0.474. The van der Waals surface area contributed by atoms with E-state index < -0.39 is 0 Å². The summed E-state index contributed by atoms with van der Waals surface area (Å²) < 4.78 is 11.0. The van der Waals surface area contributed by atoms with Crippen molar-refractivity contribution in [1.82, 2.24) is 10.2 Å². The fourth-order valence-corrected chi connectivity index (χ4v) is 3.11. The summed E-state index contributed by atoms with van der Waals surface area (Å²) in [6.45, 7) is 10.7. The highest BCUT2D eigenvalue weighted by molar-refractivity contribution is 4.90. The first-order chi connectivity index (χ1) is 9.65. The first kappa shape index (κ1) is 16.2. The van der Waals surface area contributed by atoms with E-state index in [-0.39, 0.29) is 18.1 Å². The van der Waals surface area contributed by atoms with Crippen molar-refractivity contribution in [2.45, 2.75) is 38.8 Å². The minimum Gasteiger partial charge on any atom is -0.395 e. The molecule has 5 heteroatoms. The van der Waals surface area contributed by atoms with Gasteiger partial charge in [-0.15, -0.1) is 0 Å². The molecule has 2 saturated heterocycles. The molecule has 118 valence electrons. The van der Waals surface area contributed by atoms with Gasteiger partial charge in [-0.1, -0.05) is 13.8 Å². The number of hydrogen-bond acceptors (Lipinski definition) is 5. The van der Waals surface area contributed by atoms with E-state index in [2.05, 4.69) is 24.1 Å². The maximum Gasteiger partial charge on any atom is 0.0644 e. The molecule has 0 saturated carbocycles. The summed E-state index contributed by atoms with van der Waals surface area (Å²) in [6.07, 6.45) is 2.20. The van der Waals surface area contributed by atoms with Gasteiger partial charge in [0.1, 0.15) is 0 Å². The highest BCUT2D eigenvalue weighted by atomic mass is 16.5. The van der Waals surface area contributed by atoms with Gasteiger partial charge in [0.2, 0.25) is 0 Å². The van der Waals surface area contributed by atoms with Crippen molar-refractivity contribution in [3.8, 4) is 0 Å². The van der Waals surface area contributed by atoms with Crippen LogP contribution in [0.25, 0.3) is 0 Å². The summed E-state index contributed by atoms with van der Waals surface area (Å²) in [5.41, 5.74) is 0.271. The molecule has 0 aliphatic carbocycles. The van der Waals surface area contributed by atoms with E-state index >= 15 is 0 Å². The van der Waals surface area contributed by atoms with Crippen molar-refractivity contribution in [2.75, 3.05) is 52.7 Å². The van der Waals surface area contributed by atoms with Crippen LogP contribution in [-0.4, -0.2) is 74.8 Å². The van der Waals surface area contributed by atoms with Crippen molar-refractivity contribution >= 4 is 0 Å². The molecule has 1 atom stereocenters. The number of aliphatic hydroxyl groups is 1. The maximum absolute atomic E-state index is 9.53. The van der Waals surface area contributed by atoms with Gasteiger partial charge < -0.3 is 19.9 Å². The average molecular weight is 286 g/mol. The van der Waals surface area contributed by atoms with Crippen LogP contribution in [0.4, 0.5) is 0 Å². The average Bonchev–Trinajstić information content (AvgIpc) is 2.47. The van der Waals surface area contributed by atoms with Crippen molar-refractivity contribution in [2.24, 2.45) is 5.41 Å². The monoisotopic (exact) mass is 286 g/mol. The van der Waals surface area contributed by atoms with Crippen LogP contribution < -0.4 is 5.32 Å². The molecule has 0 aromatic rings. The molecule has 0 radical (unpaired) electrons. The molecule has 20 heavy (non-hydrogen) atoms. The second-order valence-corrected chi connectivity index (χ2v) is 6.53. The Morgan fingerprint density at radius 1 is 1.25 bits per heavy atom. The largest absolute Gasteiger partial charge is 0.395 e. The van der Waals surface area contributed by atoms with E-state index in [1.165, 1.54) is 0 Å². The molecule has 2 aliphatic heterocycles. The quantitative estimate of drug-likeness (QED) is 0.743. The Bertz CT molecular complexity index is 280. The smallest absolute Gasteiger partial charge is 0.0644 e. The number of rotatable bonds is 6. The maximum atomic E-state index is 9.53. The lowest BCUT2D eigenvalue weighted by Gasteiger charge is -2.45. The molecule has 2 fully saturated rings. The van der Waals surface area contributed by atoms with Gasteiger partial charge in [-0.3, -0.25) is 4.90 Å². The van der Waals surface area contributed by atoms with Crippen molar-refractivity contribution in [3.05, 3.63) is 0 Å². The summed E-state index contributed by atoms with van der Waals surface area (Å²) >= 11 is 0. The van der Waals surface area contributed by atoms with Crippen LogP contribution in [0.3, 0.4) is 0 Å². The number of nitrogens with zero attached hydrogens (tertiary/aromatic N) is 1. The van der Waals surface area contributed by atoms with Crippen LogP contribution in [0.1, 0.15) is 26.7 Å². The molecular weight excluding hydrogens is 256 g/mol. The Morgan fingerprint density at radius 3 is 2.65 bits per heavy atom. The molecule has 2 aliphatic rings. The topological polar surface area (TPSA) is 54.0 Å². The molecule has 0 amide bonds.